The molecule has 0 fully saturated rings. The summed E-state index contributed by atoms with van der Waals surface area (Å²) in [5, 5.41) is 1.38. The molecule has 0 N–H and O–H groups in total. The van der Waals surface area contributed by atoms with Gasteiger partial charge >= 0.3 is 0 Å². The molecule has 0 aliphatic rings. The molecular weight excluding hydrogens is 344 g/mol. The number of halogens is 1. The van der Waals surface area contributed by atoms with Crippen molar-refractivity contribution < 1.29 is 4.74 Å². The zero-order valence-electron chi connectivity index (χ0n) is 13.0. The zero-order valence-corrected chi connectivity index (χ0v) is 14.6. The second-order valence-corrected chi connectivity index (χ2v) is 6.78. The van der Waals surface area contributed by atoms with E-state index in [0.717, 1.165) is 21.2 Å². The third kappa shape index (κ3) is 4.38. The van der Waals surface area contributed by atoms with Crippen LogP contribution in [0.15, 0.2) is 64.5 Å². The molecule has 0 amide bonds. The Bertz CT molecular complexity index is 865. The number of thioether (sulfide) groups is 1. The van der Waals surface area contributed by atoms with Crippen LogP contribution in [0.2, 0.25) is 5.02 Å². The number of benzene rings is 2. The van der Waals surface area contributed by atoms with Gasteiger partial charge in [-0.05, 0) is 36.4 Å². The molecule has 0 radical (unpaired) electrons. The van der Waals surface area contributed by atoms with Crippen molar-refractivity contribution in [2.75, 3.05) is 19.0 Å². The molecule has 124 valence electrons. The van der Waals surface area contributed by atoms with Gasteiger partial charge in [-0.2, -0.15) is 0 Å². The summed E-state index contributed by atoms with van der Waals surface area (Å²) in [5.41, 5.74) is 0.693. The van der Waals surface area contributed by atoms with E-state index in [1.165, 1.54) is 0 Å². The first-order valence-electron chi connectivity index (χ1n) is 7.64. The average molecular weight is 361 g/mol. The Kier molecular flexibility index (Phi) is 5.91. The van der Waals surface area contributed by atoms with Gasteiger partial charge < -0.3 is 4.74 Å². The molecule has 0 atom stereocenters. The van der Waals surface area contributed by atoms with E-state index < -0.39 is 0 Å². The van der Waals surface area contributed by atoms with Gasteiger partial charge in [0.2, 0.25) is 0 Å². The van der Waals surface area contributed by atoms with E-state index in [9.17, 15) is 4.79 Å². The summed E-state index contributed by atoms with van der Waals surface area (Å²) in [4.78, 5) is 17.8. The van der Waals surface area contributed by atoms with E-state index >= 15 is 0 Å². The Labute approximate surface area is 149 Å². The van der Waals surface area contributed by atoms with Crippen molar-refractivity contribution in [1.82, 2.24) is 9.55 Å². The highest BCUT2D eigenvalue weighted by atomic mass is 35.5. The minimum Gasteiger partial charge on any atom is -0.379 e. The Morgan fingerprint density at radius 3 is 2.71 bits per heavy atom. The summed E-state index contributed by atoms with van der Waals surface area (Å²) >= 11 is 7.57. The topological polar surface area (TPSA) is 44.1 Å². The molecule has 0 spiro atoms. The predicted octanol–water partition coefficient (Wildman–Crippen LogP) is 3.86. The van der Waals surface area contributed by atoms with Crippen molar-refractivity contribution in [3.8, 4) is 0 Å². The van der Waals surface area contributed by atoms with Crippen LogP contribution in [0.5, 0.6) is 0 Å². The van der Waals surface area contributed by atoms with Crippen LogP contribution in [0.1, 0.15) is 0 Å². The minimum atomic E-state index is -0.0280. The minimum absolute atomic E-state index is 0.0280. The molecule has 24 heavy (non-hydrogen) atoms. The quantitative estimate of drug-likeness (QED) is 0.474. The largest absolute Gasteiger partial charge is 0.379 e. The van der Waals surface area contributed by atoms with Crippen LogP contribution in [-0.2, 0) is 11.3 Å². The Balaban J connectivity index is 1.44. The Hall–Kier alpha value is -1.82. The highest BCUT2D eigenvalue weighted by Gasteiger charge is 2.03. The van der Waals surface area contributed by atoms with Gasteiger partial charge in [0.05, 0.1) is 37.0 Å². The van der Waals surface area contributed by atoms with Gasteiger partial charge in [0.1, 0.15) is 0 Å². The van der Waals surface area contributed by atoms with Crippen LogP contribution in [0, 0.1) is 0 Å². The number of hydrogen-bond donors (Lipinski definition) is 0. The second kappa shape index (κ2) is 8.33. The van der Waals surface area contributed by atoms with E-state index in [0.29, 0.717) is 25.1 Å². The number of para-hydroxylation sites is 1. The number of aromatic nitrogens is 2. The summed E-state index contributed by atoms with van der Waals surface area (Å²) in [6.45, 7) is 1.62. The molecule has 0 aliphatic carbocycles. The maximum absolute atomic E-state index is 12.3. The fourth-order valence-electron chi connectivity index (χ4n) is 2.28. The lowest BCUT2D eigenvalue weighted by atomic mass is 10.2. The van der Waals surface area contributed by atoms with Crippen molar-refractivity contribution in [2.45, 2.75) is 11.4 Å². The number of fused-ring (bicyclic) bond motifs is 1. The summed E-state index contributed by atoms with van der Waals surface area (Å²) in [6.07, 6.45) is 1.58. The van der Waals surface area contributed by atoms with Gasteiger partial charge in [-0.15, -0.1) is 11.8 Å². The van der Waals surface area contributed by atoms with Gasteiger partial charge in [0.25, 0.3) is 5.56 Å². The van der Waals surface area contributed by atoms with E-state index in [2.05, 4.69) is 4.98 Å². The normalized spacial score (nSPS) is 11.0. The number of ether oxygens (including phenoxy) is 1. The summed E-state index contributed by atoms with van der Waals surface area (Å²) in [5.74, 6) is 0.854. The van der Waals surface area contributed by atoms with Crippen molar-refractivity contribution in [1.29, 1.82) is 0 Å². The van der Waals surface area contributed by atoms with Crippen molar-refractivity contribution in [2.24, 2.45) is 0 Å². The van der Waals surface area contributed by atoms with E-state index in [4.69, 9.17) is 16.3 Å². The molecule has 0 unspecified atom stereocenters. The number of hydrogen-bond acceptors (Lipinski definition) is 4. The van der Waals surface area contributed by atoms with Crippen LogP contribution >= 0.6 is 23.4 Å². The van der Waals surface area contributed by atoms with Gasteiger partial charge in [-0.1, -0.05) is 23.7 Å². The molecule has 0 bridgehead atoms. The molecule has 2 aromatic carbocycles. The molecule has 1 heterocycles. The van der Waals surface area contributed by atoms with E-state index in [1.54, 1.807) is 28.7 Å². The highest BCUT2D eigenvalue weighted by molar-refractivity contribution is 7.99. The van der Waals surface area contributed by atoms with Crippen LogP contribution in [0.25, 0.3) is 10.9 Å². The third-order valence-electron chi connectivity index (χ3n) is 3.52. The fraction of sp³-hybridized carbons (Fsp3) is 0.222. The van der Waals surface area contributed by atoms with Crippen LogP contribution in [-0.4, -0.2) is 28.5 Å². The SMILES string of the molecule is O=c1c2ccccc2ncn1CCOCCSc1ccc(Cl)cc1. The molecule has 1 aromatic heterocycles. The lowest BCUT2D eigenvalue weighted by Crippen LogP contribution is -2.23. The monoisotopic (exact) mass is 360 g/mol. The number of rotatable bonds is 7. The van der Waals surface area contributed by atoms with Gasteiger partial charge in [-0.3, -0.25) is 9.36 Å². The first-order chi connectivity index (χ1) is 11.7. The lowest BCUT2D eigenvalue weighted by Gasteiger charge is -2.07. The van der Waals surface area contributed by atoms with Crippen LogP contribution in [0.3, 0.4) is 0 Å². The Morgan fingerprint density at radius 1 is 1.08 bits per heavy atom. The molecule has 0 saturated heterocycles. The van der Waals surface area contributed by atoms with Crippen molar-refractivity contribution in [3.05, 3.63) is 70.2 Å². The molecule has 6 heteroatoms. The average Bonchev–Trinajstić information content (AvgIpc) is 2.61. The predicted molar refractivity (Wildman–Crippen MR) is 99.0 cm³/mol. The van der Waals surface area contributed by atoms with Crippen LogP contribution < -0.4 is 5.56 Å². The molecule has 3 aromatic rings. The van der Waals surface area contributed by atoms with E-state index in [1.807, 2.05) is 42.5 Å². The lowest BCUT2D eigenvalue weighted by molar-refractivity contribution is 0.140. The van der Waals surface area contributed by atoms with Gasteiger partial charge in [0, 0.05) is 15.7 Å². The molecular formula is C18H17ClN2O2S. The van der Waals surface area contributed by atoms with Crippen molar-refractivity contribution >= 4 is 34.3 Å². The van der Waals surface area contributed by atoms with Crippen molar-refractivity contribution in [3.63, 3.8) is 0 Å². The Morgan fingerprint density at radius 2 is 1.88 bits per heavy atom. The number of nitrogens with zero attached hydrogens (tertiary/aromatic N) is 2. The first-order valence-corrected chi connectivity index (χ1v) is 9.01. The summed E-state index contributed by atoms with van der Waals surface area (Å²) in [6, 6.07) is 15.1. The van der Waals surface area contributed by atoms with Crippen LogP contribution in [0.4, 0.5) is 0 Å². The van der Waals surface area contributed by atoms with Gasteiger partial charge in [-0.25, -0.2) is 4.98 Å². The maximum Gasteiger partial charge on any atom is 0.261 e. The maximum atomic E-state index is 12.3. The van der Waals surface area contributed by atoms with Gasteiger partial charge in [0.15, 0.2) is 0 Å². The third-order valence-corrected chi connectivity index (χ3v) is 4.75. The summed E-state index contributed by atoms with van der Waals surface area (Å²) < 4.78 is 7.21. The molecule has 3 rings (SSSR count). The summed E-state index contributed by atoms with van der Waals surface area (Å²) in [7, 11) is 0. The standard InChI is InChI=1S/C18H17ClN2O2S/c19-14-5-7-15(8-6-14)24-12-11-23-10-9-21-13-20-17-4-2-1-3-16(17)18(21)22/h1-8,13H,9-12H2. The highest BCUT2D eigenvalue weighted by Crippen LogP contribution is 2.19. The second-order valence-electron chi connectivity index (χ2n) is 5.18. The molecule has 0 saturated carbocycles. The van der Waals surface area contributed by atoms with E-state index in [-0.39, 0.29) is 5.56 Å². The fourth-order valence-corrected chi connectivity index (χ4v) is 3.17. The molecule has 0 aliphatic heterocycles. The smallest absolute Gasteiger partial charge is 0.261 e. The first kappa shape index (κ1) is 17.0. The molecule has 4 nitrogen and oxygen atoms in total. The zero-order chi connectivity index (χ0) is 16.8.